The van der Waals surface area contributed by atoms with Crippen LogP contribution in [-0.4, -0.2) is 55.8 Å². The number of aliphatic hydroxyl groups is 2. The Morgan fingerprint density at radius 3 is 2.29 bits per heavy atom. The zero-order valence-electron chi connectivity index (χ0n) is 20.5. The number of hydrogen-bond acceptors (Lipinski definition) is 5. The summed E-state index contributed by atoms with van der Waals surface area (Å²) in [4.78, 5) is 12.9. The van der Waals surface area contributed by atoms with Crippen LogP contribution in [-0.2, 0) is 14.0 Å². The van der Waals surface area contributed by atoms with Gasteiger partial charge in [0.05, 0.1) is 12.2 Å². The second-order valence-corrected chi connectivity index (χ2v) is 15.0. The number of carbonyl (C=O) groups excluding carboxylic acids is 1. The quantitative estimate of drug-likeness (QED) is 0.459. The summed E-state index contributed by atoms with van der Waals surface area (Å²) < 4.78 is 12.9. The first-order valence-electron chi connectivity index (χ1n) is 12.1. The van der Waals surface area contributed by atoms with E-state index in [4.69, 9.17) is 9.16 Å². The minimum Gasteiger partial charge on any atom is -0.410 e. The Balaban J connectivity index is 2.16. The Bertz CT molecular complexity index is 756. The van der Waals surface area contributed by atoms with Gasteiger partial charge in [0.2, 0.25) is 0 Å². The van der Waals surface area contributed by atoms with Crippen molar-refractivity contribution in [2.45, 2.75) is 110 Å². The van der Waals surface area contributed by atoms with Crippen molar-refractivity contribution < 1.29 is 24.2 Å². The van der Waals surface area contributed by atoms with Crippen LogP contribution in [0.1, 0.15) is 67.2 Å². The van der Waals surface area contributed by atoms with Crippen LogP contribution in [0.25, 0.3) is 0 Å². The van der Waals surface area contributed by atoms with Gasteiger partial charge in [-0.15, -0.1) is 0 Å². The number of aliphatic hydroxyl groups excluding tert-OH is 2. The highest BCUT2D eigenvalue weighted by Gasteiger charge is 2.51. The van der Waals surface area contributed by atoms with Crippen LogP contribution in [0.5, 0.6) is 0 Å². The van der Waals surface area contributed by atoms with Gasteiger partial charge >= 0.3 is 0 Å². The molecule has 0 amide bonds. The van der Waals surface area contributed by atoms with Crippen LogP contribution in [0.4, 0.5) is 0 Å². The fraction of sp³-hybridized carbons (Fsp3) is 0.800. The van der Waals surface area contributed by atoms with E-state index in [2.05, 4.69) is 41.5 Å². The lowest BCUT2D eigenvalue weighted by atomic mass is 9.58. The van der Waals surface area contributed by atoms with E-state index in [-0.39, 0.29) is 23.2 Å². The number of carbonyl (C=O) groups is 1. The second-order valence-electron chi connectivity index (χ2n) is 10.3. The first-order chi connectivity index (χ1) is 14.6. The van der Waals surface area contributed by atoms with Crippen molar-refractivity contribution in [3.63, 3.8) is 0 Å². The molecule has 0 fully saturated rings. The van der Waals surface area contributed by atoms with Crippen LogP contribution in [0.2, 0.25) is 18.1 Å². The molecule has 0 aromatic rings. The summed E-state index contributed by atoms with van der Waals surface area (Å²) in [6, 6.07) is 3.26. The van der Waals surface area contributed by atoms with E-state index in [0.29, 0.717) is 30.4 Å². The topological polar surface area (TPSA) is 76.0 Å². The van der Waals surface area contributed by atoms with Crippen molar-refractivity contribution in [3.05, 3.63) is 22.3 Å². The predicted molar refractivity (Wildman–Crippen MR) is 125 cm³/mol. The lowest BCUT2D eigenvalue weighted by molar-refractivity contribution is -0.118. The fourth-order valence-electron chi connectivity index (χ4n) is 6.36. The summed E-state index contributed by atoms with van der Waals surface area (Å²) >= 11 is 0. The highest BCUT2D eigenvalue weighted by atomic mass is 28.4. The summed E-state index contributed by atoms with van der Waals surface area (Å²) in [6.45, 7) is 13.3. The molecular weight excluding hydrogens is 408 g/mol. The summed E-state index contributed by atoms with van der Waals surface area (Å²) in [7, 11) is -0.218. The molecule has 3 aliphatic carbocycles. The number of allylic oxidation sites excluding steroid dienone is 1. The van der Waals surface area contributed by atoms with E-state index in [1.54, 1.807) is 7.11 Å². The minimum atomic E-state index is -1.83. The molecule has 6 heteroatoms. The number of hydrogen-bond donors (Lipinski definition) is 2. The third-order valence-corrected chi connectivity index (χ3v) is 13.4. The highest BCUT2D eigenvalue weighted by Crippen LogP contribution is 2.53. The molecule has 0 radical (unpaired) electrons. The number of Topliss-reactive ketones (excluding diaryl/α,β-unsaturated/α-hetero) is 1. The Kier molecular flexibility index (Phi) is 7.39. The van der Waals surface area contributed by atoms with Gasteiger partial charge in [0.15, 0.2) is 14.1 Å². The Labute approximate surface area is 189 Å². The summed E-state index contributed by atoms with van der Waals surface area (Å²) in [5.74, 6) is 0.259. The first kappa shape index (κ1) is 24.8. The lowest BCUT2D eigenvalue weighted by Gasteiger charge is -2.51. The van der Waals surface area contributed by atoms with Crippen LogP contribution < -0.4 is 0 Å². The maximum Gasteiger partial charge on any atom is 0.192 e. The molecule has 0 aromatic heterocycles. The average molecular weight is 451 g/mol. The van der Waals surface area contributed by atoms with Crippen LogP contribution in [0.3, 0.4) is 0 Å². The maximum atomic E-state index is 12.9. The molecule has 0 saturated heterocycles. The lowest BCUT2D eigenvalue weighted by Crippen LogP contribution is -2.51. The Morgan fingerprint density at radius 1 is 1.13 bits per heavy atom. The van der Waals surface area contributed by atoms with Gasteiger partial charge in [0, 0.05) is 13.5 Å². The molecule has 31 heavy (non-hydrogen) atoms. The molecule has 3 rings (SSSR count). The van der Waals surface area contributed by atoms with Crippen molar-refractivity contribution in [1.82, 2.24) is 0 Å². The molecule has 2 N–H and O–H groups in total. The van der Waals surface area contributed by atoms with Gasteiger partial charge in [-0.1, -0.05) is 34.6 Å². The van der Waals surface area contributed by atoms with Crippen LogP contribution in [0.15, 0.2) is 22.3 Å². The third kappa shape index (κ3) is 4.15. The molecule has 5 nitrogen and oxygen atoms in total. The molecule has 3 aliphatic rings. The summed E-state index contributed by atoms with van der Waals surface area (Å²) in [6.07, 6.45) is -0.224. The van der Waals surface area contributed by atoms with Gasteiger partial charge < -0.3 is 19.4 Å². The van der Waals surface area contributed by atoms with Gasteiger partial charge in [0.1, 0.15) is 12.2 Å². The van der Waals surface area contributed by atoms with Gasteiger partial charge in [-0.3, -0.25) is 4.79 Å². The van der Waals surface area contributed by atoms with Crippen molar-refractivity contribution >= 4 is 14.1 Å². The number of rotatable bonds is 6. The normalized spacial score (nSPS) is 33.8. The zero-order chi connectivity index (χ0) is 23.1. The molecule has 176 valence electrons. The molecule has 0 saturated carbocycles. The maximum absolute atomic E-state index is 12.9. The summed E-state index contributed by atoms with van der Waals surface area (Å²) in [5, 5.41) is 22.1. The van der Waals surface area contributed by atoms with Crippen molar-refractivity contribution in [2.75, 3.05) is 7.11 Å². The highest BCUT2D eigenvalue weighted by molar-refractivity contribution is 6.73. The molecule has 5 atom stereocenters. The summed E-state index contributed by atoms with van der Waals surface area (Å²) in [5.41, 5.74) is 3.15. The first-order valence-corrected chi connectivity index (χ1v) is 14.6. The Hall–Kier alpha value is -0.793. The Morgan fingerprint density at radius 2 is 1.74 bits per heavy atom. The van der Waals surface area contributed by atoms with Gasteiger partial charge in [0.25, 0.3) is 0 Å². The number of ketones is 1. The monoisotopic (exact) mass is 450 g/mol. The minimum absolute atomic E-state index is 0.00448. The SMILES string of the molecule is CC[Si](CC)(CC)O[C@H]1C[C@H]2CC3=C([C@@H](O)[C@H](OC)C(=C1C)C2(C)C)[C@@H](O)CCC3=O. The number of fused-ring (bicyclic) bond motifs is 2. The van der Waals surface area contributed by atoms with E-state index in [1.807, 2.05) is 0 Å². The predicted octanol–water partition coefficient (Wildman–Crippen LogP) is 4.54. The van der Waals surface area contributed by atoms with Crippen molar-refractivity contribution in [2.24, 2.45) is 11.3 Å². The number of methoxy groups -OCH3 is 1. The van der Waals surface area contributed by atoms with E-state index >= 15 is 0 Å². The molecule has 0 aromatic carbocycles. The van der Waals surface area contributed by atoms with Crippen LogP contribution in [0, 0.1) is 11.3 Å². The number of ether oxygens (including phenoxy) is 1. The molecule has 0 heterocycles. The molecule has 0 aliphatic heterocycles. The van der Waals surface area contributed by atoms with E-state index in [9.17, 15) is 15.0 Å². The largest absolute Gasteiger partial charge is 0.410 e. The second kappa shape index (κ2) is 9.22. The zero-order valence-corrected chi connectivity index (χ0v) is 21.5. The smallest absolute Gasteiger partial charge is 0.192 e. The molecule has 2 bridgehead atoms. The van der Waals surface area contributed by atoms with Gasteiger partial charge in [-0.05, 0) is 77.9 Å². The molecular formula is C25H42O5Si. The van der Waals surface area contributed by atoms with Crippen molar-refractivity contribution in [1.29, 1.82) is 0 Å². The molecule has 0 spiro atoms. The van der Waals surface area contributed by atoms with E-state index in [0.717, 1.165) is 30.1 Å². The van der Waals surface area contributed by atoms with Gasteiger partial charge in [-0.25, -0.2) is 0 Å². The van der Waals surface area contributed by atoms with Crippen LogP contribution >= 0.6 is 0 Å². The van der Waals surface area contributed by atoms with Crippen molar-refractivity contribution in [3.8, 4) is 0 Å². The van der Waals surface area contributed by atoms with E-state index < -0.39 is 26.6 Å². The van der Waals surface area contributed by atoms with Gasteiger partial charge in [-0.2, -0.15) is 0 Å². The fourth-order valence-corrected chi connectivity index (χ4v) is 9.23. The third-order valence-electron chi connectivity index (χ3n) is 8.73. The molecule has 0 unspecified atom stereocenters. The van der Waals surface area contributed by atoms with E-state index in [1.165, 1.54) is 5.57 Å². The average Bonchev–Trinajstić information content (AvgIpc) is 2.74. The standard InChI is InChI=1S/C25H42O5Si/c1-8-31(9-2,10-3)30-20-14-16-13-17-18(26)11-12-19(27)21(17)23(28)24(29-7)22(15(20)4)25(16,5)6/h16,19-20,23-24,27-28H,8-14H2,1-7H3/t16-,19+,20+,23-,24-/m1/s1.